The molecule has 0 aliphatic heterocycles. The van der Waals surface area contributed by atoms with Crippen LogP contribution < -0.4 is 5.19 Å². The molecule has 0 saturated carbocycles. The Morgan fingerprint density at radius 3 is 2.02 bits per heavy atom. The largest absolute Gasteiger partial charge is 0.333 e. The van der Waals surface area contributed by atoms with Crippen molar-refractivity contribution in [3.05, 3.63) is 168 Å². The van der Waals surface area contributed by atoms with Gasteiger partial charge in [0.25, 0.3) is 0 Å². The third kappa shape index (κ3) is 9.57. The standard InChI is InChI=1S/C37H31N2S.C19H23N2Si.Ir/c1-23(2)29-21-27(25-12-6-5-7-13-25)22-30(24(3)4)36(29)39-33-16-10-9-15-32(33)38-37(39)26-18-19-35-31(20-26)28-14-8-11-17-34(28)40-35;1-14(2)10-17-11-18(21-13-19(17)22(3,4)5)16-8-6-15(12-20)7-9-16;/h5-17,19-24H,1-4H3;6-8,11,13-14H,10H2,1-5H3;/q2*-1;. The molecule has 0 aliphatic rings. The van der Waals surface area contributed by atoms with E-state index in [0.717, 1.165) is 40.1 Å². The van der Waals surface area contributed by atoms with Crippen molar-refractivity contribution in [1.29, 1.82) is 5.26 Å². The normalized spacial score (nSPS) is 11.6. The fourth-order valence-corrected chi connectivity index (χ4v) is 11.1. The van der Waals surface area contributed by atoms with Crippen LogP contribution in [0, 0.1) is 29.4 Å². The summed E-state index contributed by atoms with van der Waals surface area (Å²) in [7, 11) is -1.40. The summed E-state index contributed by atoms with van der Waals surface area (Å²) in [6.07, 6.45) is 3.14. The molecule has 6 aromatic carbocycles. The molecule has 3 heterocycles. The van der Waals surface area contributed by atoms with Crippen molar-refractivity contribution in [3.63, 3.8) is 0 Å². The first-order chi connectivity index (χ1) is 29.8. The fraction of sp³-hybridized carbons (Fsp3) is 0.232. The van der Waals surface area contributed by atoms with Crippen molar-refractivity contribution in [1.82, 2.24) is 14.5 Å². The minimum atomic E-state index is -1.40. The van der Waals surface area contributed by atoms with Crippen molar-refractivity contribution in [2.24, 2.45) is 5.92 Å². The third-order valence-corrected chi connectivity index (χ3v) is 14.7. The molecule has 0 N–H and O–H groups in total. The molecule has 0 unspecified atom stereocenters. The van der Waals surface area contributed by atoms with Crippen molar-refractivity contribution < 1.29 is 20.1 Å². The number of benzene rings is 6. The van der Waals surface area contributed by atoms with Gasteiger partial charge < -0.3 is 9.55 Å². The Labute approximate surface area is 392 Å². The molecule has 319 valence electrons. The molecular formula is C56H54IrN4SSi-2. The minimum Gasteiger partial charge on any atom is -0.333 e. The smallest absolute Gasteiger partial charge is 0.0798 e. The summed E-state index contributed by atoms with van der Waals surface area (Å²) in [6, 6.07) is 53.7. The van der Waals surface area contributed by atoms with Gasteiger partial charge in [0.05, 0.1) is 24.9 Å². The van der Waals surface area contributed by atoms with E-state index in [2.05, 4.69) is 204 Å². The Morgan fingerprint density at radius 2 is 1.37 bits per heavy atom. The van der Waals surface area contributed by atoms with Crippen LogP contribution in [0.2, 0.25) is 19.6 Å². The zero-order chi connectivity index (χ0) is 43.7. The predicted octanol–water partition coefficient (Wildman–Crippen LogP) is 14.9. The molecule has 0 atom stereocenters. The second-order valence-electron chi connectivity index (χ2n) is 18.3. The molecule has 3 aromatic heterocycles. The Kier molecular flexibility index (Phi) is 13.8. The number of thiophene rings is 1. The number of para-hydroxylation sites is 2. The molecule has 9 rings (SSSR count). The Balaban J connectivity index is 0.000000221. The van der Waals surface area contributed by atoms with Gasteiger partial charge in [-0.3, -0.25) is 4.98 Å². The van der Waals surface area contributed by atoms with Crippen molar-refractivity contribution >= 4 is 55.8 Å². The summed E-state index contributed by atoms with van der Waals surface area (Å²) in [5, 5.41) is 12.9. The fourth-order valence-electron chi connectivity index (χ4n) is 8.43. The van der Waals surface area contributed by atoms with Crippen LogP contribution in [0.4, 0.5) is 0 Å². The van der Waals surface area contributed by atoms with E-state index in [1.807, 2.05) is 23.5 Å². The molecule has 9 aromatic rings. The number of nitriles is 1. The summed E-state index contributed by atoms with van der Waals surface area (Å²) in [6.45, 7) is 20.8. The van der Waals surface area contributed by atoms with Crippen LogP contribution in [0.25, 0.3) is 70.7 Å². The second kappa shape index (κ2) is 19.1. The molecule has 0 bridgehead atoms. The first kappa shape index (κ1) is 45.5. The van der Waals surface area contributed by atoms with Gasteiger partial charge in [-0.05, 0) is 103 Å². The summed E-state index contributed by atoms with van der Waals surface area (Å²) < 4.78 is 4.96. The molecule has 0 amide bonds. The van der Waals surface area contributed by atoms with Gasteiger partial charge >= 0.3 is 0 Å². The zero-order valence-corrected chi connectivity index (χ0v) is 41.9. The third-order valence-electron chi connectivity index (χ3n) is 11.5. The van der Waals surface area contributed by atoms with E-state index in [1.54, 1.807) is 6.07 Å². The van der Waals surface area contributed by atoms with Crippen molar-refractivity contribution in [2.75, 3.05) is 0 Å². The maximum atomic E-state index is 8.89. The van der Waals surface area contributed by atoms with Gasteiger partial charge in [0.2, 0.25) is 0 Å². The van der Waals surface area contributed by atoms with E-state index >= 15 is 0 Å². The van der Waals surface area contributed by atoms with Crippen LogP contribution >= 0.6 is 11.3 Å². The first-order valence-corrected chi connectivity index (χ1v) is 26.1. The van der Waals surface area contributed by atoms with Crippen LogP contribution in [-0.2, 0) is 26.5 Å². The topological polar surface area (TPSA) is 54.5 Å². The maximum Gasteiger partial charge on any atom is 0.0798 e. The van der Waals surface area contributed by atoms with E-state index in [4.69, 9.17) is 10.2 Å². The Morgan fingerprint density at radius 1 is 0.698 bits per heavy atom. The van der Waals surface area contributed by atoms with Gasteiger partial charge in [-0.25, -0.2) is 5.26 Å². The zero-order valence-electron chi connectivity index (χ0n) is 37.7. The summed E-state index contributed by atoms with van der Waals surface area (Å²) in [4.78, 5) is 9.91. The number of imidazole rings is 1. The van der Waals surface area contributed by atoms with Gasteiger partial charge in [0, 0.05) is 42.8 Å². The summed E-state index contributed by atoms with van der Waals surface area (Å²) in [5.41, 5.74) is 13.5. The molecule has 0 saturated heterocycles. The number of rotatable bonds is 9. The van der Waals surface area contributed by atoms with Crippen molar-refractivity contribution in [3.8, 4) is 45.5 Å². The number of pyridine rings is 1. The minimum absolute atomic E-state index is 0. The molecule has 63 heavy (non-hydrogen) atoms. The quantitative estimate of drug-likeness (QED) is 0.107. The van der Waals surface area contributed by atoms with Crippen molar-refractivity contribution in [2.45, 2.75) is 79.4 Å². The SMILES string of the molecule is CC(C)Cc1cc(-c2[c-]cc(C#N)cc2)ncc1[Si](C)(C)C.CC(C)c1cc(-c2ccccc2)cc(C(C)C)c1-n1c(-c2[c-]cc3sc4ccccc4c3c2)nc2ccccc21.[Ir]. The number of aromatic nitrogens is 3. The van der Waals surface area contributed by atoms with Gasteiger partial charge in [-0.2, -0.15) is 11.3 Å². The second-order valence-corrected chi connectivity index (χ2v) is 24.5. The van der Waals surface area contributed by atoms with Crippen LogP contribution in [0.1, 0.15) is 75.6 Å². The van der Waals surface area contributed by atoms with Gasteiger partial charge in [-0.1, -0.05) is 139 Å². The maximum absolute atomic E-state index is 8.89. The predicted molar refractivity (Wildman–Crippen MR) is 267 cm³/mol. The molecule has 0 spiro atoms. The van der Waals surface area contributed by atoms with Crippen LogP contribution in [0.3, 0.4) is 0 Å². The van der Waals surface area contributed by atoms with Crippen LogP contribution in [0.5, 0.6) is 0 Å². The summed E-state index contributed by atoms with van der Waals surface area (Å²) >= 11 is 1.82. The van der Waals surface area contributed by atoms with Crippen LogP contribution in [0.15, 0.2) is 134 Å². The van der Waals surface area contributed by atoms with Gasteiger partial charge in [-0.15, -0.1) is 53.6 Å². The van der Waals surface area contributed by atoms with E-state index in [1.165, 1.54) is 58.9 Å². The van der Waals surface area contributed by atoms with E-state index in [9.17, 15) is 0 Å². The molecule has 0 fully saturated rings. The van der Waals surface area contributed by atoms with Gasteiger partial charge in [0.1, 0.15) is 0 Å². The molecular weight excluding hydrogens is 981 g/mol. The number of fused-ring (bicyclic) bond motifs is 4. The molecule has 4 nitrogen and oxygen atoms in total. The monoisotopic (exact) mass is 1040 g/mol. The number of nitrogens with zero attached hydrogens (tertiary/aromatic N) is 4. The van der Waals surface area contributed by atoms with E-state index in [0.29, 0.717) is 23.3 Å². The van der Waals surface area contributed by atoms with E-state index in [-0.39, 0.29) is 20.1 Å². The Bertz CT molecular complexity index is 3050. The molecule has 7 heteroatoms. The van der Waals surface area contributed by atoms with E-state index < -0.39 is 8.07 Å². The molecule has 1 radical (unpaired) electrons. The average Bonchev–Trinajstić information content (AvgIpc) is 3.84. The first-order valence-electron chi connectivity index (χ1n) is 21.8. The summed E-state index contributed by atoms with van der Waals surface area (Å²) in [5.74, 6) is 2.22. The number of hydrogen-bond donors (Lipinski definition) is 0. The average molecular weight is 1040 g/mol. The van der Waals surface area contributed by atoms with Crippen LogP contribution in [-0.4, -0.2) is 22.6 Å². The molecule has 0 aliphatic carbocycles. The van der Waals surface area contributed by atoms with Gasteiger partial charge in [0.15, 0.2) is 0 Å². The number of hydrogen-bond acceptors (Lipinski definition) is 4. The Hall–Kier alpha value is -5.48.